The Labute approximate surface area is 212 Å². The largest absolute Gasteiger partial charge is 0.354 e. The number of nitrogens with one attached hydrogen (secondary N) is 2. The third-order valence-corrected chi connectivity index (χ3v) is 7.25. The summed E-state index contributed by atoms with van der Waals surface area (Å²) in [5.41, 5.74) is 1.26. The molecule has 1 fully saturated rings. The Hall–Kier alpha value is -3.54. The first kappa shape index (κ1) is 25.5. The van der Waals surface area contributed by atoms with Gasteiger partial charge in [-0.3, -0.25) is 9.59 Å². The number of aromatic nitrogens is 1. The highest BCUT2D eigenvalue weighted by atomic mass is 35.5. The Morgan fingerprint density at radius 1 is 0.917 bits per heavy atom. The van der Waals surface area contributed by atoms with Crippen LogP contribution in [0.1, 0.15) is 20.7 Å². The maximum atomic E-state index is 13.1. The number of amides is 2. The van der Waals surface area contributed by atoms with Gasteiger partial charge in [-0.05, 0) is 54.6 Å². The number of benzene rings is 2. The summed E-state index contributed by atoms with van der Waals surface area (Å²) in [5, 5.41) is 5.66. The SMILES string of the molecule is CS(=O)(=O)N1CCN(c2ccc(C(=O)Nc3ccc(Cl)c(NC(=O)c4ccc(F)cc4)c3)cn2)CC1. The van der Waals surface area contributed by atoms with Crippen LogP contribution in [0.5, 0.6) is 0 Å². The first-order valence-corrected chi connectivity index (χ1v) is 13.2. The van der Waals surface area contributed by atoms with Crippen molar-refractivity contribution >= 4 is 50.6 Å². The molecule has 2 heterocycles. The van der Waals surface area contributed by atoms with E-state index in [0.717, 1.165) is 0 Å². The molecule has 0 atom stereocenters. The maximum Gasteiger partial charge on any atom is 0.257 e. The number of hydrogen-bond donors (Lipinski definition) is 2. The van der Waals surface area contributed by atoms with Crippen molar-refractivity contribution in [3.05, 3.63) is 82.8 Å². The second-order valence-corrected chi connectivity index (χ2v) is 10.6. The van der Waals surface area contributed by atoms with E-state index in [-0.39, 0.29) is 16.3 Å². The zero-order valence-corrected chi connectivity index (χ0v) is 20.8. The molecule has 0 unspecified atom stereocenters. The molecule has 4 rings (SSSR count). The molecule has 2 aromatic carbocycles. The molecule has 1 aliphatic heterocycles. The molecule has 0 radical (unpaired) electrons. The molecule has 12 heteroatoms. The lowest BCUT2D eigenvalue weighted by Gasteiger charge is -2.33. The van der Waals surface area contributed by atoms with Crippen LogP contribution in [0.25, 0.3) is 0 Å². The van der Waals surface area contributed by atoms with Crippen LogP contribution < -0.4 is 15.5 Å². The van der Waals surface area contributed by atoms with E-state index >= 15 is 0 Å². The van der Waals surface area contributed by atoms with Gasteiger partial charge in [0.1, 0.15) is 11.6 Å². The molecule has 0 spiro atoms. The smallest absolute Gasteiger partial charge is 0.257 e. The highest BCUT2D eigenvalue weighted by Crippen LogP contribution is 2.26. The third kappa shape index (κ3) is 6.17. The number of pyridine rings is 1. The molecular formula is C24H23ClFN5O4S. The van der Waals surface area contributed by atoms with Gasteiger partial charge < -0.3 is 15.5 Å². The van der Waals surface area contributed by atoms with Crippen LogP contribution in [0.15, 0.2) is 60.8 Å². The summed E-state index contributed by atoms with van der Waals surface area (Å²) in [4.78, 5) is 31.5. The molecular weight excluding hydrogens is 509 g/mol. The number of hydrogen-bond acceptors (Lipinski definition) is 6. The van der Waals surface area contributed by atoms with Crippen molar-refractivity contribution in [3.63, 3.8) is 0 Å². The number of nitrogens with zero attached hydrogens (tertiary/aromatic N) is 3. The fourth-order valence-electron chi connectivity index (χ4n) is 3.65. The van der Waals surface area contributed by atoms with Crippen molar-refractivity contribution in [2.24, 2.45) is 0 Å². The predicted molar refractivity (Wildman–Crippen MR) is 137 cm³/mol. The first-order valence-electron chi connectivity index (χ1n) is 10.9. The minimum atomic E-state index is -3.22. The van der Waals surface area contributed by atoms with Crippen molar-refractivity contribution in [1.82, 2.24) is 9.29 Å². The number of halogens is 2. The minimum Gasteiger partial charge on any atom is -0.354 e. The minimum absolute atomic E-state index is 0.255. The van der Waals surface area contributed by atoms with E-state index in [1.165, 1.54) is 53.2 Å². The molecule has 3 aromatic rings. The van der Waals surface area contributed by atoms with Crippen LogP contribution >= 0.6 is 11.6 Å². The van der Waals surface area contributed by atoms with Gasteiger partial charge in [-0.2, -0.15) is 4.31 Å². The van der Waals surface area contributed by atoms with Crippen LogP contribution in [0.2, 0.25) is 5.02 Å². The van der Waals surface area contributed by atoms with Gasteiger partial charge in [0.25, 0.3) is 11.8 Å². The summed E-state index contributed by atoms with van der Waals surface area (Å²) in [5.74, 6) is -0.685. The molecule has 1 aromatic heterocycles. The van der Waals surface area contributed by atoms with E-state index in [1.54, 1.807) is 18.2 Å². The number of carbonyl (C=O) groups excluding carboxylic acids is 2. The summed E-state index contributed by atoms with van der Waals surface area (Å²) < 4.78 is 37.9. The van der Waals surface area contributed by atoms with Crippen molar-refractivity contribution in [1.29, 1.82) is 0 Å². The molecule has 0 bridgehead atoms. The summed E-state index contributed by atoms with van der Waals surface area (Å²) in [6.45, 7) is 1.75. The first-order chi connectivity index (χ1) is 17.1. The van der Waals surface area contributed by atoms with Crippen molar-refractivity contribution in [2.75, 3.05) is 48.0 Å². The number of piperazine rings is 1. The number of rotatable bonds is 6. The number of carbonyl (C=O) groups is 2. The molecule has 36 heavy (non-hydrogen) atoms. The van der Waals surface area contributed by atoms with Crippen LogP contribution in [-0.2, 0) is 10.0 Å². The van der Waals surface area contributed by atoms with E-state index < -0.39 is 27.7 Å². The summed E-state index contributed by atoms with van der Waals surface area (Å²) >= 11 is 6.19. The van der Waals surface area contributed by atoms with Gasteiger partial charge in [-0.15, -0.1) is 0 Å². The average molecular weight is 532 g/mol. The van der Waals surface area contributed by atoms with Gasteiger partial charge in [0.2, 0.25) is 10.0 Å². The lowest BCUT2D eigenvalue weighted by atomic mass is 10.2. The van der Waals surface area contributed by atoms with Crippen molar-refractivity contribution < 1.29 is 22.4 Å². The van der Waals surface area contributed by atoms with E-state index in [4.69, 9.17) is 11.6 Å². The number of anilines is 3. The van der Waals surface area contributed by atoms with Crippen molar-refractivity contribution in [3.8, 4) is 0 Å². The van der Waals surface area contributed by atoms with E-state index in [2.05, 4.69) is 15.6 Å². The predicted octanol–water partition coefficient (Wildman–Crippen LogP) is 3.46. The third-order valence-electron chi connectivity index (χ3n) is 5.62. The topological polar surface area (TPSA) is 112 Å². The second-order valence-electron chi connectivity index (χ2n) is 8.16. The Balaban J connectivity index is 1.39. The standard InChI is InChI=1S/C24H23ClFN5O4S/c1-36(34,35)31-12-10-30(11-13-31)22-9-4-17(15-27-22)24(33)28-19-7-8-20(25)21(14-19)29-23(32)16-2-5-18(26)6-3-16/h2-9,14-15H,10-13H2,1H3,(H,28,33)(H,29,32). The molecule has 0 saturated carbocycles. The summed E-state index contributed by atoms with van der Waals surface area (Å²) in [7, 11) is -3.22. The van der Waals surface area contributed by atoms with Gasteiger partial charge in [-0.1, -0.05) is 11.6 Å². The Morgan fingerprint density at radius 3 is 2.17 bits per heavy atom. The summed E-state index contributed by atoms with van der Waals surface area (Å²) in [6.07, 6.45) is 2.64. The van der Waals surface area contributed by atoms with Crippen LogP contribution in [0.3, 0.4) is 0 Å². The zero-order chi connectivity index (χ0) is 25.9. The Morgan fingerprint density at radius 2 is 1.56 bits per heavy atom. The number of sulfonamides is 1. The molecule has 188 valence electrons. The van der Waals surface area contributed by atoms with E-state index in [0.29, 0.717) is 43.2 Å². The van der Waals surface area contributed by atoms with E-state index in [1.807, 2.05) is 4.90 Å². The molecule has 9 nitrogen and oxygen atoms in total. The van der Waals surface area contributed by atoms with Gasteiger partial charge in [0.15, 0.2) is 0 Å². The van der Waals surface area contributed by atoms with E-state index in [9.17, 15) is 22.4 Å². The fourth-order valence-corrected chi connectivity index (χ4v) is 4.65. The second kappa shape index (κ2) is 10.6. The summed E-state index contributed by atoms with van der Waals surface area (Å²) in [6, 6.07) is 13.1. The average Bonchev–Trinajstić information content (AvgIpc) is 2.86. The molecule has 2 N–H and O–H groups in total. The molecule has 2 amide bonds. The van der Waals surface area contributed by atoms with Crippen LogP contribution in [0, 0.1) is 5.82 Å². The quantitative estimate of drug-likeness (QED) is 0.504. The normalized spacial score (nSPS) is 14.4. The van der Waals surface area contributed by atoms with Crippen LogP contribution in [0.4, 0.5) is 21.6 Å². The molecule has 1 aliphatic rings. The molecule has 0 aliphatic carbocycles. The monoisotopic (exact) mass is 531 g/mol. The zero-order valence-electron chi connectivity index (χ0n) is 19.2. The lowest BCUT2D eigenvalue weighted by molar-refractivity contribution is 0.101. The van der Waals surface area contributed by atoms with Gasteiger partial charge in [-0.25, -0.2) is 17.8 Å². The highest BCUT2D eigenvalue weighted by Gasteiger charge is 2.24. The Kier molecular flexibility index (Phi) is 7.53. The van der Waals surface area contributed by atoms with Crippen LogP contribution in [-0.4, -0.2) is 62.0 Å². The highest BCUT2D eigenvalue weighted by molar-refractivity contribution is 7.88. The van der Waals surface area contributed by atoms with Gasteiger partial charge in [0, 0.05) is 43.6 Å². The maximum absolute atomic E-state index is 13.1. The van der Waals surface area contributed by atoms with Crippen molar-refractivity contribution in [2.45, 2.75) is 0 Å². The fraction of sp³-hybridized carbons (Fsp3) is 0.208. The molecule has 1 saturated heterocycles. The van der Waals surface area contributed by atoms with Gasteiger partial charge in [0.05, 0.1) is 22.5 Å². The lowest BCUT2D eigenvalue weighted by Crippen LogP contribution is -2.48. The Bertz CT molecular complexity index is 1380. The van der Waals surface area contributed by atoms with Gasteiger partial charge >= 0.3 is 0 Å².